The van der Waals surface area contributed by atoms with Crippen molar-refractivity contribution >= 4 is 5.78 Å². The molecule has 1 aromatic rings. The molecular weight excluding hydrogens is 246 g/mol. The summed E-state index contributed by atoms with van der Waals surface area (Å²) in [6, 6.07) is 8.46. The molecule has 0 radical (unpaired) electrons. The lowest BCUT2D eigenvalue weighted by Gasteiger charge is -2.31. The Bertz CT molecular complexity index is 479. The smallest absolute Gasteiger partial charge is 0.170 e. The van der Waals surface area contributed by atoms with Crippen LogP contribution in [0.3, 0.4) is 0 Å². The molecule has 1 heterocycles. The monoisotopic (exact) mass is 271 g/mol. The van der Waals surface area contributed by atoms with Crippen molar-refractivity contribution in [1.82, 2.24) is 5.32 Å². The second-order valence-corrected chi connectivity index (χ2v) is 6.82. The Morgan fingerprint density at radius 3 is 2.40 bits per heavy atom. The van der Waals surface area contributed by atoms with Gasteiger partial charge in [-0.05, 0) is 43.2 Å². The van der Waals surface area contributed by atoms with Crippen LogP contribution in [0.15, 0.2) is 24.3 Å². The van der Waals surface area contributed by atoms with E-state index >= 15 is 0 Å². The van der Waals surface area contributed by atoms with E-state index in [-0.39, 0.29) is 5.41 Å². The first-order valence-corrected chi connectivity index (χ1v) is 7.99. The van der Waals surface area contributed by atoms with Crippen molar-refractivity contribution in [2.24, 2.45) is 11.3 Å². The summed E-state index contributed by atoms with van der Waals surface area (Å²) >= 11 is 0. The molecule has 0 bridgehead atoms. The molecule has 20 heavy (non-hydrogen) atoms. The van der Waals surface area contributed by atoms with E-state index in [4.69, 9.17) is 0 Å². The maximum atomic E-state index is 12.9. The average Bonchev–Trinajstić information content (AvgIpc) is 2.87. The van der Waals surface area contributed by atoms with Crippen LogP contribution in [0.1, 0.15) is 61.4 Å². The van der Waals surface area contributed by atoms with Crippen LogP contribution >= 0.6 is 0 Å². The summed E-state index contributed by atoms with van der Waals surface area (Å²) in [6.45, 7) is 6.14. The predicted octanol–water partition coefficient (Wildman–Crippen LogP) is 3.77. The highest BCUT2D eigenvalue weighted by Gasteiger charge is 2.43. The molecule has 0 amide bonds. The average molecular weight is 271 g/mol. The highest BCUT2D eigenvalue weighted by Crippen LogP contribution is 2.39. The van der Waals surface area contributed by atoms with Gasteiger partial charge in [0.05, 0.1) is 0 Å². The molecule has 0 spiro atoms. The summed E-state index contributed by atoms with van der Waals surface area (Å²) in [7, 11) is 0. The lowest BCUT2D eigenvalue weighted by molar-refractivity contribution is 0.0740. The number of ketones is 1. The minimum absolute atomic E-state index is 0.196. The number of hydrogen-bond acceptors (Lipinski definition) is 2. The third-order valence-electron chi connectivity index (χ3n) is 5.50. The second kappa shape index (κ2) is 5.33. The minimum Gasteiger partial charge on any atom is -0.316 e. The number of hydrogen-bond donors (Lipinski definition) is 1. The normalized spacial score (nSPS) is 26.8. The van der Waals surface area contributed by atoms with Gasteiger partial charge in [-0.1, -0.05) is 44.5 Å². The summed E-state index contributed by atoms with van der Waals surface area (Å²) in [5.74, 6) is 1.46. The molecule has 1 saturated carbocycles. The molecule has 2 aliphatic rings. The maximum Gasteiger partial charge on any atom is 0.170 e. The molecule has 3 rings (SSSR count). The van der Waals surface area contributed by atoms with Crippen LogP contribution in [0.25, 0.3) is 0 Å². The Hall–Kier alpha value is -1.15. The van der Waals surface area contributed by atoms with E-state index < -0.39 is 0 Å². The Morgan fingerprint density at radius 1 is 1.25 bits per heavy atom. The molecule has 1 aromatic carbocycles. The quantitative estimate of drug-likeness (QED) is 0.845. The van der Waals surface area contributed by atoms with Crippen molar-refractivity contribution in [3.63, 3.8) is 0 Å². The topological polar surface area (TPSA) is 29.1 Å². The largest absolute Gasteiger partial charge is 0.316 e. The summed E-state index contributed by atoms with van der Waals surface area (Å²) in [5.41, 5.74) is 2.11. The molecule has 108 valence electrons. The van der Waals surface area contributed by atoms with E-state index in [0.717, 1.165) is 31.0 Å². The zero-order valence-corrected chi connectivity index (χ0v) is 12.6. The van der Waals surface area contributed by atoms with E-state index in [2.05, 4.69) is 43.4 Å². The molecule has 0 aromatic heterocycles. The Kier molecular flexibility index (Phi) is 3.68. The predicted molar refractivity (Wildman–Crippen MR) is 82.1 cm³/mol. The van der Waals surface area contributed by atoms with Gasteiger partial charge in [-0.3, -0.25) is 4.79 Å². The van der Waals surface area contributed by atoms with Gasteiger partial charge in [-0.25, -0.2) is 0 Å². The van der Waals surface area contributed by atoms with Crippen molar-refractivity contribution in [3.05, 3.63) is 35.4 Å². The molecule has 2 fully saturated rings. The van der Waals surface area contributed by atoms with Crippen LogP contribution in [0, 0.1) is 11.3 Å². The van der Waals surface area contributed by atoms with Gasteiger partial charge in [0.2, 0.25) is 0 Å². The van der Waals surface area contributed by atoms with E-state index in [1.807, 2.05) is 0 Å². The van der Waals surface area contributed by atoms with Crippen molar-refractivity contribution in [2.75, 3.05) is 13.1 Å². The van der Waals surface area contributed by atoms with Gasteiger partial charge in [-0.2, -0.15) is 0 Å². The van der Waals surface area contributed by atoms with E-state index in [9.17, 15) is 4.79 Å². The number of rotatable bonds is 4. The van der Waals surface area contributed by atoms with Gasteiger partial charge < -0.3 is 5.32 Å². The number of Topliss-reactive ketones (excluding diaryl/α,β-unsaturated/α-hetero) is 1. The van der Waals surface area contributed by atoms with Crippen molar-refractivity contribution in [2.45, 2.75) is 45.4 Å². The zero-order chi connectivity index (χ0) is 14.2. The lowest BCUT2D eigenvalue weighted by Crippen LogP contribution is -2.38. The SMILES string of the molecule is CC(C)C1(C(=O)c2ccc(C3CCC3)cc2)CCNC1. The van der Waals surface area contributed by atoms with Crippen LogP contribution in [0.4, 0.5) is 0 Å². The van der Waals surface area contributed by atoms with Crippen LogP contribution in [0.2, 0.25) is 0 Å². The fraction of sp³-hybridized carbons (Fsp3) is 0.611. The number of nitrogens with one attached hydrogen (secondary N) is 1. The van der Waals surface area contributed by atoms with Crippen molar-refractivity contribution in [3.8, 4) is 0 Å². The highest BCUT2D eigenvalue weighted by atomic mass is 16.1. The Balaban J connectivity index is 1.82. The molecule has 1 atom stereocenters. The molecule has 2 nitrogen and oxygen atoms in total. The van der Waals surface area contributed by atoms with Crippen molar-refractivity contribution in [1.29, 1.82) is 0 Å². The van der Waals surface area contributed by atoms with E-state index in [1.165, 1.54) is 24.8 Å². The lowest BCUT2D eigenvalue weighted by atomic mass is 9.71. The standard InChI is InChI=1S/C18H25NO/c1-13(2)18(10-11-19-12-18)17(20)16-8-6-15(7-9-16)14-4-3-5-14/h6-9,13-14,19H,3-5,10-12H2,1-2H3. The van der Waals surface area contributed by atoms with Gasteiger partial charge in [-0.15, -0.1) is 0 Å². The molecule has 1 aliphatic carbocycles. The number of carbonyl (C=O) groups excluding carboxylic acids is 1. The third-order valence-corrected chi connectivity index (χ3v) is 5.50. The first kappa shape index (κ1) is 13.8. The van der Waals surface area contributed by atoms with E-state index in [1.54, 1.807) is 0 Å². The van der Waals surface area contributed by atoms with Gasteiger partial charge in [0.1, 0.15) is 0 Å². The number of carbonyl (C=O) groups is 1. The molecule has 1 saturated heterocycles. The Morgan fingerprint density at radius 2 is 1.95 bits per heavy atom. The Labute approximate surface area is 122 Å². The summed E-state index contributed by atoms with van der Waals surface area (Å²) in [6.07, 6.45) is 4.95. The van der Waals surface area contributed by atoms with Crippen LogP contribution in [-0.2, 0) is 0 Å². The maximum absolute atomic E-state index is 12.9. The molecule has 1 N–H and O–H groups in total. The third kappa shape index (κ3) is 2.20. The van der Waals surface area contributed by atoms with Crippen molar-refractivity contribution < 1.29 is 4.79 Å². The number of benzene rings is 1. The fourth-order valence-corrected chi connectivity index (χ4v) is 3.60. The minimum atomic E-state index is -0.196. The molecule has 2 heteroatoms. The first-order chi connectivity index (χ1) is 9.63. The summed E-state index contributed by atoms with van der Waals surface area (Å²) < 4.78 is 0. The van der Waals surface area contributed by atoms with E-state index in [0.29, 0.717) is 11.7 Å². The molecule has 1 unspecified atom stereocenters. The summed E-state index contributed by atoms with van der Waals surface area (Å²) in [4.78, 5) is 12.9. The zero-order valence-electron chi connectivity index (χ0n) is 12.6. The van der Waals surface area contributed by atoms with Gasteiger partial charge in [0.25, 0.3) is 0 Å². The molecule has 1 aliphatic heterocycles. The van der Waals surface area contributed by atoms with Crippen LogP contribution < -0.4 is 5.32 Å². The fourth-order valence-electron chi connectivity index (χ4n) is 3.60. The highest BCUT2D eigenvalue weighted by molar-refractivity contribution is 6.01. The first-order valence-electron chi connectivity index (χ1n) is 7.99. The summed E-state index contributed by atoms with van der Waals surface area (Å²) in [5, 5.41) is 3.37. The van der Waals surface area contributed by atoms with Gasteiger partial charge in [0, 0.05) is 17.5 Å². The van der Waals surface area contributed by atoms with Crippen LogP contribution in [0.5, 0.6) is 0 Å². The van der Waals surface area contributed by atoms with Gasteiger partial charge in [0.15, 0.2) is 5.78 Å². The molecular formula is C18H25NO. The van der Waals surface area contributed by atoms with Crippen LogP contribution in [-0.4, -0.2) is 18.9 Å². The second-order valence-electron chi connectivity index (χ2n) is 6.82. The van der Waals surface area contributed by atoms with Gasteiger partial charge >= 0.3 is 0 Å².